The minimum Gasteiger partial charge on any atom is -0.493 e. The second-order valence-electron chi connectivity index (χ2n) is 3.83. The summed E-state index contributed by atoms with van der Waals surface area (Å²) in [5.74, 6) is 0.420. The average molecular weight is 273 g/mol. The molecule has 0 fully saturated rings. The molecular weight excluding hydrogens is 256 g/mol. The number of halogens is 1. The van der Waals surface area contributed by atoms with Crippen LogP contribution >= 0.6 is 11.6 Å². The van der Waals surface area contributed by atoms with Gasteiger partial charge in [0.2, 0.25) is 0 Å². The fraction of sp³-hybridized carbons (Fsp3) is 0.417. The van der Waals surface area contributed by atoms with E-state index in [9.17, 15) is 4.79 Å². The molecule has 0 aliphatic rings. The molecule has 0 spiro atoms. The largest absolute Gasteiger partial charge is 0.493 e. The topological polar surface area (TPSA) is 70.6 Å². The highest BCUT2D eigenvalue weighted by molar-refractivity contribution is 6.32. The Kier molecular flexibility index (Phi) is 5.74. The monoisotopic (exact) mass is 272 g/mol. The minimum absolute atomic E-state index is 0.0297. The van der Waals surface area contributed by atoms with E-state index in [0.29, 0.717) is 22.9 Å². The first-order valence-corrected chi connectivity index (χ1v) is 5.97. The van der Waals surface area contributed by atoms with Crippen LogP contribution in [0.3, 0.4) is 0 Å². The lowest BCUT2D eigenvalue weighted by atomic mass is 10.2. The number of aliphatic hydroxyl groups is 1. The van der Waals surface area contributed by atoms with Crippen molar-refractivity contribution in [2.24, 2.45) is 0 Å². The highest BCUT2D eigenvalue weighted by Crippen LogP contribution is 2.32. The maximum Gasteiger partial charge on any atom is 0.319 e. The molecule has 1 rings (SSSR count). The fourth-order valence-electron chi connectivity index (χ4n) is 1.46. The Balaban J connectivity index is 2.67. The predicted octanol–water partition coefficient (Wildman–Crippen LogP) is 2.24. The summed E-state index contributed by atoms with van der Waals surface area (Å²) in [5.41, 5.74) is 0.499. The zero-order chi connectivity index (χ0) is 13.5. The summed E-state index contributed by atoms with van der Waals surface area (Å²) >= 11 is 5.94. The molecule has 1 aromatic rings. The Hall–Kier alpha value is -1.46. The van der Waals surface area contributed by atoms with Crippen molar-refractivity contribution in [1.29, 1.82) is 0 Å². The van der Waals surface area contributed by atoms with E-state index in [1.54, 1.807) is 18.2 Å². The van der Waals surface area contributed by atoms with Crippen LogP contribution in [-0.2, 0) is 0 Å². The third-order valence-electron chi connectivity index (χ3n) is 2.36. The molecule has 6 heteroatoms. The first-order valence-electron chi connectivity index (χ1n) is 5.59. The van der Waals surface area contributed by atoms with Crippen molar-refractivity contribution in [3.63, 3.8) is 0 Å². The van der Waals surface area contributed by atoms with Crippen molar-refractivity contribution in [2.75, 3.05) is 19.0 Å². The Morgan fingerprint density at radius 1 is 1.56 bits per heavy atom. The maximum absolute atomic E-state index is 11.7. The number of benzene rings is 1. The summed E-state index contributed by atoms with van der Waals surface area (Å²) in [4.78, 5) is 11.7. The van der Waals surface area contributed by atoms with E-state index in [1.165, 1.54) is 7.11 Å². The zero-order valence-electron chi connectivity index (χ0n) is 10.4. The van der Waals surface area contributed by atoms with E-state index in [2.05, 4.69) is 10.6 Å². The molecule has 0 saturated heterocycles. The van der Waals surface area contributed by atoms with Gasteiger partial charge in [0.05, 0.1) is 17.8 Å². The fourth-order valence-corrected chi connectivity index (χ4v) is 1.71. The quantitative estimate of drug-likeness (QED) is 0.770. The molecule has 0 bridgehead atoms. The van der Waals surface area contributed by atoms with Gasteiger partial charge in [0, 0.05) is 12.6 Å². The van der Waals surface area contributed by atoms with Crippen molar-refractivity contribution >= 4 is 23.3 Å². The molecule has 3 N–H and O–H groups in total. The number of anilines is 1. The van der Waals surface area contributed by atoms with Crippen LogP contribution in [0.2, 0.25) is 5.02 Å². The molecule has 18 heavy (non-hydrogen) atoms. The number of hydrogen-bond acceptors (Lipinski definition) is 3. The second kappa shape index (κ2) is 7.08. The van der Waals surface area contributed by atoms with E-state index < -0.39 is 0 Å². The summed E-state index contributed by atoms with van der Waals surface area (Å²) in [6.45, 7) is 1.84. The number of carbonyl (C=O) groups excluding carboxylic acids is 1. The molecule has 1 atom stereocenters. The van der Waals surface area contributed by atoms with Gasteiger partial charge in [-0.2, -0.15) is 0 Å². The van der Waals surface area contributed by atoms with E-state index >= 15 is 0 Å². The number of para-hydroxylation sites is 1. The van der Waals surface area contributed by atoms with Crippen LogP contribution in [0.4, 0.5) is 10.5 Å². The van der Waals surface area contributed by atoms with Gasteiger partial charge in [0.25, 0.3) is 0 Å². The van der Waals surface area contributed by atoms with Crippen LogP contribution in [0.5, 0.6) is 5.75 Å². The van der Waals surface area contributed by atoms with Crippen molar-refractivity contribution < 1.29 is 14.6 Å². The van der Waals surface area contributed by atoms with Gasteiger partial charge in [-0.25, -0.2) is 4.79 Å². The summed E-state index contributed by atoms with van der Waals surface area (Å²) < 4.78 is 5.12. The van der Waals surface area contributed by atoms with Crippen LogP contribution in [0.15, 0.2) is 18.2 Å². The molecule has 0 aliphatic heterocycles. The van der Waals surface area contributed by atoms with Crippen LogP contribution in [0.25, 0.3) is 0 Å². The van der Waals surface area contributed by atoms with Crippen molar-refractivity contribution in [1.82, 2.24) is 5.32 Å². The van der Waals surface area contributed by atoms with Crippen LogP contribution in [0, 0.1) is 0 Å². The molecule has 100 valence electrons. The molecule has 0 aromatic heterocycles. The van der Waals surface area contributed by atoms with Gasteiger partial charge >= 0.3 is 6.03 Å². The Labute approximate surface area is 111 Å². The van der Waals surface area contributed by atoms with E-state index in [-0.39, 0.29) is 18.7 Å². The summed E-state index contributed by atoms with van der Waals surface area (Å²) in [5, 5.41) is 14.5. The number of urea groups is 1. The zero-order valence-corrected chi connectivity index (χ0v) is 11.1. The molecule has 2 amide bonds. The van der Waals surface area contributed by atoms with E-state index in [0.717, 1.165) is 0 Å². The molecule has 0 saturated carbocycles. The van der Waals surface area contributed by atoms with E-state index in [1.807, 2.05) is 6.92 Å². The first-order chi connectivity index (χ1) is 8.58. The Bertz CT molecular complexity index is 412. The van der Waals surface area contributed by atoms with Gasteiger partial charge in [-0.15, -0.1) is 0 Å². The average Bonchev–Trinajstić information content (AvgIpc) is 2.29. The number of amides is 2. The molecule has 0 unspecified atom stereocenters. The van der Waals surface area contributed by atoms with Crippen molar-refractivity contribution in [3.8, 4) is 5.75 Å². The van der Waals surface area contributed by atoms with Crippen LogP contribution in [-0.4, -0.2) is 30.9 Å². The lowest BCUT2D eigenvalue weighted by Gasteiger charge is -2.15. The minimum atomic E-state index is -0.364. The van der Waals surface area contributed by atoms with Crippen molar-refractivity contribution in [3.05, 3.63) is 23.2 Å². The third kappa shape index (κ3) is 4.09. The van der Waals surface area contributed by atoms with Crippen molar-refractivity contribution in [2.45, 2.75) is 19.4 Å². The number of aliphatic hydroxyl groups excluding tert-OH is 1. The molecule has 1 aromatic carbocycles. The predicted molar refractivity (Wildman–Crippen MR) is 71.3 cm³/mol. The maximum atomic E-state index is 11.7. The number of ether oxygens (including phenoxy) is 1. The van der Waals surface area contributed by atoms with Gasteiger partial charge < -0.3 is 20.5 Å². The molecule has 0 heterocycles. The Morgan fingerprint density at radius 2 is 2.28 bits per heavy atom. The number of rotatable bonds is 5. The highest BCUT2D eigenvalue weighted by Gasteiger charge is 2.11. The van der Waals surface area contributed by atoms with Gasteiger partial charge in [0.15, 0.2) is 5.75 Å². The summed E-state index contributed by atoms with van der Waals surface area (Å²) in [7, 11) is 1.48. The summed E-state index contributed by atoms with van der Waals surface area (Å²) in [6.07, 6.45) is 0.500. The first kappa shape index (κ1) is 14.6. The van der Waals surface area contributed by atoms with Gasteiger partial charge in [-0.1, -0.05) is 17.7 Å². The molecule has 0 radical (unpaired) electrons. The van der Waals surface area contributed by atoms with Crippen LogP contribution in [0.1, 0.15) is 13.3 Å². The smallest absolute Gasteiger partial charge is 0.319 e. The lowest BCUT2D eigenvalue weighted by Crippen LogP contribution is -2.36. The number of methoxy groups -OCH3 is 1. The van der Waals surface area contributed by atoms with Gasteiger partial charge in [0.1, 0.15) is 0 Å². The SMILES string of the molecule is COc1c(Cl)cccc1NC(=O)N[C@H](C)CCO. The number of carbonyl (C=O) groups is 1. The third-order valence-corrected chi connectivity index (χ3v) is 2.66. The molecule has 0 aliphatic carbocycles. The van der Waals surface area contributed by atoms with Gasteiger partial charge in [-0.05, 0) is 25.5 Å². The summed E-state index contributed by atoms with van der Waals surface area (Å²) in [6, 6.07) is 4.62. The molecular formula is C12H17ClN2O3. The molecule has 5 nitrogen and oxygen atoms in total. The highest BCUT2D eigenvalue weighted by atomic mass is 35.5. The standard InChI is InChI=1S/C12H17ClN2O3/c1-8(6-7-16)14-12(17)15-10-5-3-4-9(13)11(10)18-2/h3-5,8,16H,6-7H2,1-2H3,(H2,14,15,17)/t8-/m1/s1. The lowest BCUT2D eigenvalue weighted by molar-refractivity contribution is 0.241. The number of hydrogen-bond donors (Lipinski definition) is 3. The van der Waals surface area contributed by atoms with Gasteiger partial charge in [-0.3, -0.25) is 0 Å². The number of nitrogens with one attached hydrogen (secondary N) is 2. The van der Waals surface area contributed by atoms with Crippen LogP contribution < -0.4 is 15.4 Å². The van der Waals surface area contributed by atoms with E-state index in [4.69, 9.17) is 21.4 Å². The second-order valence-corrected chi connectivity index (χ2v) is 4.24. The Morgan fingerprint density at radius 3 is 2.89 bits per heavy atom. The normalized spacial score (nSPS) is 11.8.